The van der Waals surface area contributed by atoms with E-state index in [-0.39, 0.29) is 12.1 Å². The fourth-order valence-electron chi connectivity index (χ4n) is 2.30. The molecular weight excluding hydrogens is 250 g/mol. The minimum Gasteiger partial charge on any atom is -0.494 e. The van der Waals surface area contributed by atoms with E-state index in [0.29, 0.717) is 12.5 Å². The molecule has 0 saturated carbocycles. The predicted molar refractivity (Wildman–Crippen MR) is 84.4 cm³/mol. The van der Waals surface area contributed by atoms with Crippen LogP contribution in [0.4, 0.5) is 0 Å². The normalized spacial score (nSPS) is 14.3. The van der Waals surface area contributed by atoms with Gasteiger partial charge in [0.25, 0.3) is 0 Å². The summed E-state index contributed by atoms with van der Waals surface area (Å²) in [5.41, 5.74) is 1.17. The highest BCUT2D eigenvalue weighted by atomic mass is 16.5. The molecule has 3 nitrogen and oxygen atoms in total. The molecule has 1 unspecified atom stereocenters. The van der Waals surface area contributed by atoms with E-state index in [4.69, 9.17) is 4.74 Å². The van der Waals surface area contributed by atoms with Gasteiger partial charge in [-0.15, -0.1) is 0 Å². The third-order valence-corrected chi connectivity index (χ3v) is 4.12. The first-order valence-electron chi connectivity index (χ1n) is 7.59. The van der Waals surface area contributed by atoms with Gasteiger partial charge in [-0.05, 0) is 49.9 Å². The maximum absolute atomic E-state index is 9.47. The zero-order valence-electron chi connectivity index (χ0n) is 13.3. The fourth-order valence-corrected chi connectivity index (χ4v) is 2.30. The Morgan fingerprint density at radius 2 is 1.90 bits per heavy atom. The van der Waals surface area contributed by atoms with Gasteiger partial charge < -0.3 is 15.2 Å². The summed E-state index contributed by atoms with van der Waals surface area (Å²) in [4.78, 5) is 0. The van der Waals surface area contributed by atoms with Crippen molar-refractivity contribution in [2.75, 3.05) is 20.3 Å². The average Bonchev–Trinajstić information content (AvgIpc) is 2.49. The molecule has 1 atom stereocenters. The van der Waals surface area contributed by atoms with Crippen LogP contribution in [0.3, 0.4) is 0 Å². The third-order valence-electron chi connectivity index (χ3n) is 4.12. The van der Waals surface area contributed by atoms with Crippen molar-refractivity contribution in [3.63, 3.8) is 0 Å². The summed E-state index contributed by atoms with van der Waals surface area (Å²) < 4.78 is 5.76. The lowest BCUT2D eigenvalue weighted by Crippen LogP contribution is -2.46. The zero-order valence-corrected chi connectivity index (χ0v) is 13.3. The van der Waals surface area contributed by atoms with Gasteiger partial charge in [0.15, 0.2) is 0 Å². The maximum Gasteiger partial charge on any atom is 0.119 e. The smallest absolute Gasteiger partial charge is 0.119 e. The number of hydrogen-bond donors (Lipinski definition) is 2. The molecule has 114 valence electrons. The molecule has 0 aliphatic carbocycles. The van der Waals surface area contributed by atoms with Crippen LogP contribution >= 0.6 is 0 Å². The summed E-state index contributed by atoms with van der Waals surface area (Å²) >= 11 is 0. The van der Waals surface area contributed by atoms with Crippen LogP contribution in [0, 0.1) is 0 Å². The van der Waals surface area contributed by atoms with Gasteiger partial charge >= 0.3 is 0 Å². The minimum atomic E-state index is -0.162. The van der Waals surface area contributed by atoms with E-state index in [1.165, 1.54) is 5.56 Å². The molecule has 20 heavy (non-hydrogen) atoms. The van der Waals surface area contributed by atoms with E-state index in [9.17, 15) is 5.11 Å². The van der Waals surface area contributed by atoms with Gasteiger partial charge in [-0.1, -0.05) is 32.9 Å². The van der Waals surface area contributed by atoms with Crippen LogP contribution in [-0.4, -0.2) is 30.9 Å². The molecule has 0 aromatic heterocycles. The van der Waals surface area contributed by atoms with Gasteiger partial charge in [-0.25, -0.2) is 0 Å². The van der Waals surface area contributed by atoms with E-state index in [1.54, 1.807) is 0 Å². The van der Waals surface area contributed by atoms with Gasteiger partial charge in [0.1, 0.15) is 5.75 Å². The minimum absolute atomic E-state index is 0.162. The largest absolute Gasteiger partial charge is 0.494 e. The van der Waals surface area contributed by atoms with Crippen molar-refractivity contribution in [2.45, 2.75) is 51.5 Å². The van der Waals surface area contributed by atoms with E-state index in [1.807, 2.05) is 19.2 Å². The van der Waals surface area contributed by atoms with E-state index in [0.717, 1.165) is 25.0 Å². The number of ether oxygens (including phenoxy) is 1. The third kappa shape index (κ3) is 4.80. The van der Waals surface area contributed by atoms with Crippen molar-refractivity contribution in [3.8, 4) is 5.75 Å². The van der Waals surface area contributed by atoms with Crippen LogP contribution in [0.25, 0.3) is 0 Å². The molecule has 0 bridgehead atoms. The maximum atomic E-state index is 9.47. The predicted octanol–water partition coefficient (Wildman–Crippen LogP) is 3.33. The summed E-state index contributed by atoms with van der Waals surface area (Å²) in [6, 6.07) is 8.31. The van der Waals surface area contributed by atoms with Crippen molar-refractivity contribution >= 4 is 0 Å². The van der Waals surface area contributed by atoms with Crippen LogP contribution in [-0.2, 0) is 0 Å². The lowest BCUT2D eigenvalue weighted by Gasteiger charge is -2.30. The molecule has 1 aromatic rings. The molecule has 3 heteroatoms. The Balaban J connectivity index is 2.37. The molecule has 0 radical (unpaired) electrons. The molecule has 0 heterocycles. The molecule has 0 saturated heterocycles. The molecule has 0 spiro atoms. The number of aliphatic hydroxyl groups excluding tert-OH is 1. The van der Waals surface area contributed by atoms with Gasteiger partial charge in [0, 0.05) is 5.54 Å². The Kier molecular flexibility index (Phi) is 7.03. The Hall–Kier alpha value is -1.06. The van der Waals surface area contributed by atoms with Gasteiger partial charge in [-0.3, -0.25) is 0 Å². The summed E-state index contributed by atoms with van der Waals surface area (Å²) in [6.07, 6.45) is 2.77. The number of aliphatic hydroxyl groups is 1. The second-order valence-electron chi connectivity index (χ2n) is 5.72. The van der Waals surface area contributed by atoms with Crippen LogP contribution in [0.2, 0.25) is 0 Å². The van der Waals surface area contributed by atoms with Crippen molar-refractivity contribution in [1.29, 1.82) is 0 Å². The van der Waals surface area contributed by atoms with Crippen LogP contribution in [0.1, 0.15) is 51.5 Å². The summed E-state index contributed by atoms with van der Waals surface area (Å²) in [5.74, 6) is 1.47. The molecular formula is C17H29NO2. The first-order valence-corrected chi connectivity index (χ1v) is 7.59. The zero-order chi connectivity index (χ0) is 15.0. The summed E-state index contributed by atoms with van der Waals surface area (Å²) in [6.45, 7) is 7.32. The lowest BCUT2D eigenvalue weighted by atomic mass is 9.92. The lowest BCUT2D eigenvalue weighted by molar-refractivity contribution is 0.145. The first-order chi connectivity index (χ1) is 9.56. The summed E-state index contributed by atoms with van der Waals surface area (Å²) in [5, 5.41) is 12.7. The SMILES string of the molecule is CCC(CO)(CCCOc1ccc(C(C)C)cc1)NC. The molecule has 0 aliphatic rings. The first kappa shape index (κ1) is 17.0. The number of benzene rings is 1. The van der Waals surface area contributed by atoms with Crippen molar-refractivity contribution in [1.82, 2.24) is 5.32 Å². The highest BCUT2D eigenvalue weighted by molar-refractivity contribution is 5.28. The molecule has 2 N–H and O–H groups in total. The monoisotopic (exact) mass is 279 g/mol. The van der Waals surface area contributed by atoms with Crippen LogP contribution in [0.5, 0.6) is 5.75 Å². The number of likely N-dealkylation sites (N-methyl/N-ethyl adjacent to an activating group) is 1. The molecule has 1 rings (SSSR count). The van der Waals surface area contributed by atoms with Crippen molar-refractivity contribution in [3.05, 3.63) is 29.8 Å². The van der Waals surface area contributed by atoms with Crippen LogP contribution < -0.4 is 10.1 Å². The number of hydrogen-bond acceptors (Lipinski definition) is 3. The van der Waals surface area contributed by atoms with Crippen LogP contribution in [0.15, 0.2) is 24.3 Å². The second kappa shape index (κ2) is 8.28. The Morgan fingerprint density at radius 1 is 1.25 bits per heavy atom. The average molecular weight is 279 g/mol. The standard InChI is InChI=1S/C17H29NO2/c1-5-17(13-19,18-4)11-6-12-20-16-9-7-15(8-10-16)14(2)3/h7-10,14,18-19H,5-6,11-13H2,1-4H3. The Morgan fingerprint density at radius 3 is 2.35 bits per heavy atom. The molecule has 1 aromatic carbocycles. The number of rotatable bonds is 9. The molecule has 0 aliphatic heterocycles. The van der Waals surface area contributed by atoms with Crippen molar-refractivity contribution < 1.29 is 9.84 Å². The molecule has 0 amide bonds. The topological polar surface area (TPSA) is 41.5 Å². The highest BCUT2D eigenvalue weighted by Gasteiger charge is 2.24. The van der Waals surface area contributed by atoms with Gasteiger partial charge in [0.2, 0.25) is 0 Å². The summed E-state index contributed by atoms with van der Waals surface area (Å²) in [7, 11) is 1.91. The Bertz CT molecular complexity index is 361. The van der Waals surface area contributed by atoms with Gasteiger partial charge in [0.05, 0.1) is 13.2 Å². The van der Waals surface area contributed by atoms with Gasteiger partial charge in [-0.2, -0.15) is 0 Å². The quantitative estimate of drug-likeness (QED) is 0.681. The second-order valence-corrected chi connectivity index (χ2v) is 5.72. The highest BCUT2D eigenvalue weighted by Crippen LogP contribution is 2.20. The van der Waals surface area contributed by atoms with E-state index in [2.05, 4.69) is 38.2 Å². The Labute approximate surface area is 123 Å². The fraction of sp³-hybridized carbons (Fsp3) is 0.647. The number of nitrogens with one attached hydrogen (secondary N) is 1. The van der Waals surface area contributed by atoms with E-state index >= 15 is 0 Å². The van der Waals surface area contributed by atoms with Crippen molar-refractivity contribution in [2.24, 2.45) is 0 Å². The molecule has 0 fully saturated rings. The van der Waals surface area contributed by atoms with E-state index < -0.39 is 0 Å².